The number of amides is 1. The van der Waals surface area contributed by atoms with E-state index in [2.05, 4.69) is 15.3 Å². The van der Waals surface area contributed by atoms with E-state index in [1.165, 1.54) is 18.9 Å². The first kappa shape index (κ1) is 21.2. The number of hydrogen-bond acceptors (Lipinski definition) is 5. The Hall–Kier alpha value is -2.09. The lowest BCUT2D eigenvalue weighted by Gasteiger charge is -2.27. The summed E-state index contributed by atoms with van der Waals surface area (Å²) < 4.78 is 14.6. The quantitative estimate of drug-likeness (QED) is 0.612. The molecule has 2 aliphatic rings. The number of nitrogens with zero attached hydrogens (tertiary/aromatic N) is 1. The van der Waals surface area contributed by atoms with Crippen molar-refractivity contribution in [2.24, 2.45) is 11.7 Å². The van der Waals surface area contributed by atoms with Crippen molar-refractivity contribution in [2.75, 3.05) is 5.32 Å². The second-order valence-corrected chi connectivity index (χ2v) is 9.90. The van der Waals surface area contributed by atoms with Crippen molar-refractivity contribution in [3.63, 3.8) is 0 Å². The molecule has 0 atom stereocenters. The first-order valence-electron chi connectivity index (χ1n) is 10.9. The van der Waals surface area contributed by atoms with Crippen LogP contribution in [0.5, 0.6) is 0 Å². The summed E-state index contributed by atoms with van der Waals surface area (Å²) in [5.41, 5.74) is 5.97. The summed E-state index contributed by atoms with van der Waals surface area (Å²) in [6.45, 7) is 0. The summed E-state index contributed by atoms with van der Waals surface area (Å²) >= 11 is 1.77. The lowest BCUT2D eigenvalue weighted by atomic mass is 9.86. The van der Waals surface area contributed by atoms with Gasteiger partial charge in [0.05, 0.1) is 11.3 Å². The van der Waals surface area contributed by atoms with E-state index in [4.69, 9.17) is 5.73 Å². The lowest BCUT2D eigenvalue weighted by Crippen LogP contribution is -2.22. The van der Waals surface area contributed by atoms with Crippen molar-refractivity contribution in [3.05, 3.63) is 34.1 Å². The van der Waals surface area contributed by atoms with Gasteiger partial charge in [-0.05, 0) is 56.6 Å². The van der Waals surface area contributed by atoms with Crippen LogP contribution in [0.2, 0.25) is 0 Å². The highest BCUT2D eigenvalue weighted by Crippen LogP contribution is 2.34. The predicted molar refractivity (Wildman–Crippen MR) is 119 cm³/mol. The number of primary amides is 1. The molecule has 0 saturated heterocycles. The number of aromatic nitrogens is 2. The fraction of sp³-hybridized carbons (Fsp3) is 0.591. The monoisotopic (exact) mass is 432 g/mol. The van der Waals surface area contributed by atoms with Gasteiger partial charge in [0.2, 0.25) is 5.91 Å². The van der Waals surface area contributed by atoms with Gasteiger partial charge in [0.1, 0.15) is 17.0 Å². The smallest absolute Gasteiger partial charge is 0.261 e. The summed E-state index contributed by atoms with van der Waals surface area (Å²) in [5, 5.41) is 3.88. The van der Waals surface area contributed by atoms with Crippen molar-refractivity contribution in [1.82, 2.24) is 9.97 Å². The Bertz CT molecular complexity index is 965. The van der Waals surface area contributed by atoms with E-state index < -0.39 is 11.4 Å². The number of H-pyrrole nitrogens is 1. The molecular formula is C22H29FN4O2S. The SMILES string of the molecule is NC(=O)CC1CCC(SCc2nc3cc(NC4CCCC4)cc(F)c3c(=O)[nH]2)CC1. The second kappa shape index (κ2) is 9.37. The number of benzene rings is 1. The number of nitrogens with one attached hydrogen (secondary N) is 2. The first-order chi connectivity index (χ1) is 14.5. The summed E-state index contributed by atoms with van der Waals surface area (Å²) in [5.74, 6) is 0.797. The maximum Gasteiger partial charge on any atom is 0.261 e. The molecule has 1 aromatic heterocycles. The first-order valence-corrected chi connectivity index (χ1v) is 11.9. The maximum absolute atomic E-state index is 14.6. The third-order valence-electron chi connectivity index (χ3n) is 6.28. The normalized spacial score (nSPS) is 22.4. The maximum atomic E-state index is 14.6. The van der Waals surface area contributed by atoms with Crippen LogP contribution >= 0.6 is 11.8 Å². The standard InChI is InChI=1S/C22H29FN4O2S/c23-17-10-15(25-14-3-1-2-4-14)11-18-21(17)22(29)27-20(26-18)12-30-16-7-5-13(6-8-16)9-19(24)28/h10-11,13-14,16,25H,1-9,12H2,(H2,24,28)(H,26,27,29). The van der Waals surface area contributed by atoms with Gasteiger partial charge in [-0.3, -0.25) is 9.59 Å². The number of rotatable bonds is 7. The van der Waals surface area contributed by atoms with E-state index >= 15 is 0 Å². The van der Waals surface area contributed by atoms with Gasteiger partial charge >= 0.3 is 0 Å². The third kappa shape index (κ3) is 5.14. The molecule has 4 rings (SSSR count). The Morgan fingerprint density at radius 1 is 1.20 bits per heavy atom. The van der Waals surface area contributed by atoms with E-state index in [9.17, 15) is 14.0 Å². The molecule has 0 radical (unpaired) electrons. The second-order valence-electron chi connectivity index (χ2n) is 8.61. The highest BCUT2D eigenvalue weighted by Gasteiger charge is 2.23. The average Bonchev–Trinajstić information content (AvgIpc) is 3.19. The van der Waals surface area contributed by atoms with Crippen LogP contribution in [-0.4, -0.2) is 27.2 Å². The molecule has 8 heteroatoms. The highest BCUT2D eigenvalue weighted by atomic mass is 32.2. The van der Waals surface area contributed by atoms with Crippen molar-refractivity contribution >= 4 is 34.3 Å². The molecule has 2 fully saturated rings. The largest absolute Gasteiger partial charge is 0.382 e. The van der Waals surface area contributed by atoms with E-state index in [0.29, 0.717) is 46.4 Å². The van der Waals surface area contributed by atoms with Gasteiger partial charge in [0, 0.05) is 23.4 Å². The Kier molecular flexibility index (Phi) is 6.61. The molecule has 0 spiro atoms. The average molecular weight is 433 g/mol. The molecule has 0 aliphatic heterocycles. The number of anilines is 1. The molecule has 6 nitrogen and oxygen atoms in total. The van der Waals surface area contributed by atoms with E-state index in [1.807, 2.05) is 0 Å². The van der Waals surface area contributed by atoms with Crippen molar-refractivity contribution < 1.29 is 9.18 Å². The summed E-state index contributed by atoms with van der Waals surface area (Å²) in [7, 11) is 0. The number of hydrogen-bond donors (Lipinski definition) is 3. The van der Waals surface area contributed by atoms with Gasteiger partial charge in [0.25, 0.3) is 5.56 Å². The van der Waals surface area contributed by atoms with Crippen molar-refractivity contribution in [3.8, 4) is 0 Å². The van der Waals surface area contributed by atoms with Gasteiger partial charge in [-0.1, -0.05) is 12.8 Å². The molecule has 0 unspecified atom stereocenters. The van der Waals surface area contributed by atoms with Crippen molar-refractivity contribution in [2.45, 2.75) is 74.8 Å². The number of aromatic amines is 1. The summed E-state index contributed by atoms with van der Waals surface area (Å²) in [6.07, 6.45) is 9.11. The zero-order chi connectivity index (χ0) is 21.1. The third-order valence-corrected chi connectivity index (χ3v) is 7.66. The number of thioether (sulfide) groups is 1. The molecular weight excluding hydrogens is 403 g/mol. The van der Waals surface area contributed by atoms with Crippen LogP contribution in [0.3, 0.4) is 0 Å². The zero-order valence-electron chi connectivity index (χ0n) is 17.1. The number of carbonyl (C=O) groups excluding carboxylic acids is 1. The molecule has 1 aromatic carbocycles. The number of halogens is 1. The molecule has 0 bridgehead atoms. The molecule has 30 heavy (non-hydrogen) atoms. The summed E-state index contributed by atoms with van der Waals surface area (Å²) in [6, 6.07) is 3.55. The molecule has 2 saturated carbocycles. The minimum absolute atomic E-state index is 0.0210. The zero-order valence-corrected chi connectivity index (χ0v) is 17.9. The highest BCUT2D eigenvalue weighted by molar-refractivity contribution is 7.99. The topological polar surface area (TPSA) is 101 Å². The molecule has 4 N–H and O–H groups in total. The van der Waals surface area contributed by atoms with Gasteiger partial charge in [-0.15, -0.1) is 0 Å². The summed E-state index contributed by atoms with van der Waals surface area (Å²) in [4.78, 5) is 30.9. The number of nitrogens with two attached hydrogens (primary N) is 1. The van der Waals surface area contributed by atoms with Crippen LogP contribution in [0, 0.1) is 11.7 Å². The minimum Gasteiger partial charge on any atom is -0.382 e. The molecule has 1 amide bonds. The van der Waals surface area contributed by atoms with Crippen LogP contribution in [0.4, 0.5) is 10.1 Å². The van der Waals surface area contributed by atoms with Crippen molar-refractivity contribution in [1.29, 1.82) is 0 Å². The molecule has 2 aromatic rings. The van der Waals surface area contributed by atoms with Crippen LogP contribution in [0.25, 0.3) is 10.9 Å². The Balaban J connectivity index is 1.43. The van der Waals surface area contributed by atoms with E-state index in [0.717, 1.165) is 38.5 Å². The number of fused-ring (bicyclic) bond motifs is 1. The predicted octanol–water partition coefficient (Wildman–Crippen LogP) is 4.08. The van der Waals surface area contributed by atoms with Gasteiger partial charge in [-0.25, -0.2) is 9.37 Å². The fourth-order valence-corrected chi connectivity index (χ4v) is 5.85. The Labute approximate surface area is 179 Å². The van der Waals surface area contributed by atoms with Gasteiger partial charge < -0.3 is 16.0 Å². The van der Waals surface area contributed by atoms with Crippen LogP contribution in [0.15, 0.2) is 16.9 Å². The molecule has 162 valence electrons. The van der Waals surface area contributed by atoms with E-state index in [-0.39, 0.29) is 11.3 Å². The Morgan fingerprint density at radius 3 is 2.63 bits per heavy atom. The minimum atomic E-state index is -0.534. The molecule has 2 aliphatic carbocycles. The Morgan fingerprint density at radius 2 is 1.93 bits per heavy atom. The van der Waals surface area contributed by atoms with E-state index in [1.54, 1.807) is 17.8 Å². The van der Waals surface area contributed by atoms with Gasteiger partial charge in [0.15, 0.2) is 0 Å². The lowest BCUT2D eigenvalue weighted by molar-refractivity contribution is -0.119. The van der Waals surface area contributed by atoms with Crippen LogP contribution in [0.1, 0.15) is 63.6 Å². The fourth-order valence-electron chi connectivity index (χ4n) is 4.71. The number of carbonyl (C=O) groups is 1. The van der Waals surface area contributed by atoms with Crippen LogP contribution in [-0.2, 0) is 10.5 Å². The molecule has 1 heterocycles. The van der Waals surface area contributed by atoms with Gasteiger partial charge in [-0.2, -0.15) is 11.8 Å². The van der Waals surface area contributed by atoms with Crippen LogP contribution < -0.4 is 16.6 Å².